The van der Waals surface area contributed by atoms with Gasteiger partial charge in [-0.2, -0.15) is 0 Å². The molecule has 2 aliphatic heterocycles. The van der Waals surface area contributed by atoms with E-state index < -0.39 is 17.1 Å². The summed E-state index contributed by atoms with van der Waals surface area (Å²) < 4.78 is 18.2. The maximum Gasteiger partial charge on any atom is 0.336 e. The van der Waals surface area contributed by atoms with E-state index in [1.807, 2.05) is 6.92 Å². The number of aliphatic hydroxyl groups is 1. The summed E-state index contributed by atoms with van der Waals surface area (Å²) in [6, 6.07) is 0. The first-order chi connectivity index (χ1) is 19.0. The summed E-state index contributed by atoms with van der Waals surface area (Å²) >= 11 is 0. The van der Waals surface area contributed by atoms with Crippen molar-refractivity contribution < 1.29 is 33.7 Å². The molecule has 0 bridgehead atoms. The van der Waals surface area contributed by atoms with Crippen molar-refractivity contribution in [2.75, 3.05) is 6.61 Å². The van der Waals surface area contributed by atoms with Crippen LogP contribution in [0.25, 0.3) is 0 Å². The van der Waals surface area contributed by atoms with Gasteiger partial charge in [0.15, 0.2) is 11.9 Å². The van der Waals surface area contributed by atoms with E-state index in [2.05, 4.69) is 26.7 Å². The van der Waals surface area contributed by atoms with E-state index in [1.54, 1.807) is 12.2 Å². The van der Waals surface area contributed by atoms with Crippen LogP contribution < -0.4 is 0 Å². The van der Waals surface area contributed by atoms with Gasteiger partial charge in [-0.25, -0.2) is 4.79 Å². The molecule has 1 spiro atoms. The summed E-state index contributed by atoms with van der Waals surface area (Å²) in [5.74, 6) is 3.42. The number of ketones is 1. The highest BCUT2D eigenvalue weighted by molar-refractivity contribution is 5.98. The molecule has 6 rings (SSSR count). The molecule has 4 aliphatic carbocycles. The van der Waals surface area contributed by atoms with Crippen LogP contribution in [0.5, 0.6) is 0 Å². The Kier molecular flexibility index (Phi) is 6.63. The SMILES string of the molecule is C#CCCC(=O)O[C@H]1C=CC(=O)[C@]2(C)[C@H]3CC[C@]4(C)[C@@H]([C@H](C)C5CC(C)=C(CO)C(=O)O5)CC[C@H]4[C@@H]3C[C@H]3O[C@]132. The molecular weight excluding hydrogens is 508 g/mol. The number of carbonyl (C=O) groups is 3. The van der Waals surface area contributed by atoms with Gasteiger partial charge in [0.1, 0.15) is 11.7 Å². The van der Waals surface area contributed by atoms with E-state index in [0.717, 1.165) is 37.7 Å². The molecule has 4 fully saturated rings. The third-order valence-corrected chi connectivity index (χ3v) is 12.3. The smallest absolute Gasteiger partial charge is 0.336 e. The number of epoxide rings is 1. The molecule has 3 saturated carbocycles. The fourth-order valence-corrected chi connectivity index (χ4v) is 10.2. The third-order valence-electron chi connectivity index (χ3n) is 12.3. The van der Waals surface area contributed by atoms with Gasteiger partial charge in [0, 0.05) is 12.8 Å². The van der Waals surface area contributed by atoms with Gasteiger partial charge in [0.05, 0.1) is 30.1 Å². The van der Waals surface area contributed by atoms with Crippen molar-refractivity contribution in [2.24, 2.45) is 40.4 Å². The first-order valence-corrected chi connectivity index (χ1v) is 15.1. The summed E-state index contributed by atoms with van der Waals surface area (Å²) in [5, 5.41) is 9.58. The first kappa shape index (κ1) is 27.7. The Morgan fingerprint density at radius 2 is 2.02 bits per heavy atom. The number of esters is 2. The van der Waals surface area contributed by atoms with Crippen LogP contribution in [0.3, 0.4) is 0 Å². The number of aliphatic hydroxyl groups excluding tert-OH is 1. The topological polar surface area (TPSA) is 102 Å². The van der Waals surface area contributed by atoms with Crippen LogP contribution in [0.4, 0.5) is 0 Å². The first-order valence-electron chi connectivity index (χ1n) is 15.1. The highest BCUT2D eigenvalue weighted by Crippen LogP contribution is 2.73. The Balaban J connectivity index is 1.24. The van der Waals surface area contributed by atoms with E-state index in [4.69, 9.17) is 20.6 Å². The van der Waals surface area contributed by atoms with Gasteiger partial charge in [-0.1, -0.05) is 19.4 Å². The van der Waals surface area contributed by atoms with Gasteiger partial charge in [-0.3, -0.25) is 9.59 Å². The number of allylic oxidation sites excluding steroid dienone is 1. The molecule has 0 aromatic carbocycles. The highest BCUT2D eigenvalue weighted by atomic mass is 16.7. The zero-order valence-corrected chi connectivity index (χ0v) is 24.1. The molecule has 2 heterocycles. The van der Waals surface area contributed by atoms with E-state index in [1.165, 1.54) is 0 Å². The molecule has 7 nitrogen and oxygen atoms in total. The van der Waals surface area contributed by atoms with E-state index in [9.17, 15) is 19.5 Å². The summed E-state index contributed by atoms with van der Waals surface area (Å²) in [6.07, 6.45) is 13.9. The Morgan fingerprint density at radius 3 is 2.73 bits per heavy atom. The minimum atomic E-state index is -0.782. The molecule has 0 radical (unpaired) electrons. The predicted octanol–water partition coefficient (Wildman–Crippen LogP) is 4.32. The average molecular weight is 551 g/mol. The zero-order valence-electron chi connectivity index (χ0n) is 24.1. The molecule has 0 amide bonds. The fourth-order valence-electron chi connectivity index (χ4n) is 10.2. The minimum Gasteiger partial charge on any atom is -0.458 e. The number of hydrogen-bond acceptors (Lipinski definition) is 7. The normalized spacial score (nSPS) is 45.9. The number of fused-ring (bicyclic) bond motifs is 4. The predicted molar refractivity (Wildman–Crippen MR) is 146 cm³/mol. The summed E-state index contributed by atoms with van der Waals surface area (Å²) in [4.78, 5) is 38.8. The lowest BCUT2D eigenvalue weighted by Crippen LogP contribution is -2.64. The lowest BCUT2D eigenvalue weighted by molar-refractivity contribution is -0.167. The standard InChI is InChI=1S/C33H42O7/c1-6-7-8-29(36)39-27-12-11-26(35)32(5)24-13-14-31(4)22(9-10-23(31)20(24)16-28-33(27,32)40-28)19(3)25-15-18(2)21(17-34)30(37)38-25/h1,11-12,19-20,22-25,27-28,34H,7-10,13-17H2,2-5H3/t19-,20-,22+,23-,24-,25?,27-,28+,31+,32-,33+/m0/s1. The van der Waals surface area contributed by atoms with Gasteiger partial charge in [0.25, 0.3) is 0 Å². The summed E-state index contributed by atoms with van der Waals surface area (Å²) in [6.45, 7) is 8.36. The third kappa shape index (κ3) is 3.67. The number of cyclic esters (lactones) is 1. The molecule has 1 N–H and O–H groups in total. The van der Waals surface area contributed by atoms with Crippen LogP contribution in [0, 0.1) is 52.8 Å². The molecule has 216 valence electrons. The lowest BCUT2D eigenvalue weighted by Gasteiger charge is -2.58. The largest absolute Gasteiger partial charge is 0.458 e. The zero-order chi connectivity index (χ0) is 28.6. The number of carbonyl (C=O) groups excluding carboxylic acids is 3. The Hall–Kier alpha value is -2.43. The average Bonchev–Trinajstić information content (AvgIpc) is 3.54. The van der Waals surface area contributed by atoms with Gasteiger partial charge in [-0.05, 0) is 93.1 Å². The Bertz CT molecular complexity index is 1230. The molecule has 11 atom stereocenters. The molecule has 0 aromatic rings. The number of terminal acetylenes is 1. The Morgan fingerprint density at radius 1 is 1.25 bits per heavy atom. The van der Waals surface area contributed by atoms with Crippen LogP contribution in [-0.4, -0.2) is 53.3 Å². The minimum absolute atomic E-state index is 0.0851. The quantitative estimate of drug-likeness (QED) is 0.299. The second-order valence-corrected chi connectivity index (χ2v) is 13.7. The van der Waals surface area contributed by atoms with Crippen LogP contribution in [0.1, 0.15) is 79.1 Å². The van der Waals surface area contributed by atoms with Crippen molar-refractivity contribution >= 4 is 17.7 Å². The van der Waals surface area contributed by atoms with E-state index in [-0.39, 0.29) is 60.2 Å². The van der Waals surface area contributed by atoms with Crippen molar-refractivity contribution in [1.29, 1.82) is 0 Å². The lowest BCUT2D eigenvalue weighted by atomic mass is 9.44. The number of hydrogen-bond donors (Lipinski definition) is 1. The summed E-state index contributed by atoms with van der Waals surface area (Å²) in [7, 11) is 0. The van der Waals surface area contributed by atoms with Crippen molar-refractivity contribution in [3.63, 3.8) is 0 Å². The van der Waals surface area contributed by atoms with Crippen LogP contribution in [-0.2, 0) is 28.6 Å². The number of ether oxygens (including phenoxy) is 3. The van der Waals surface area contributed by atoms with Crippen molar-refractivity contribution in [1.82, 2.24) is 0 Å². The molecule has 0 aromatic heterocycles. The second-order valence-electron chi connectivity index (χ2n) is 13.7. The molecule has 7 heteroatoms. The molecule has 1 saturated heterocycles. The van der Waals surface area contributed by atoms with Crippen molar-refractivity contribution in [2.45, 2.75) is 103 Å². The molecule has 1 unspecified atom stereocenters. The maximum atomic E-state index is 13.7. The van der Waals surface area contributed by atoms with Crippen LogP contribution >= 0.6 is 0 Å². The van der Waals surface area contributed by atoms with E-state index in [0.29, 0.717) is 36.2 Å². The highest BCUT2D eigenvalue weighted by Gasteiger charge is 2.81. The van der Waals surface area contributed by atoms with Gasteiger partial charge < -0.3 is 19.3 Å². The fraction of sp³-hybridized carbons (Fsp3) is 0.727. The van der Waals surface area contributed by atoms with E-state index >= 15 is 0 Å². The van der Waals surface area contributed by atoms with Gasteiger partial charge >= 0.3 is 11.9 Å². The molecular formula is C33H42O7. The Labute approximate surface area is 237 Å². The maximum absolute atomic E-state index is 13.7. The van der Waals surface area contributed by atoms with Gasteiger partial charge in [-0.15, -0.1) is 12.3 Å². The molecule has 6 aliphatic rings. The summed E-state index contributed by atoms with van der Waals surface area (Å²) in [5.41, 5.74) is -0.107. The monoisotopic (exact) mass is 550 g/mol. The van der Waals surface area contributed by atoms with Crippen LogP contribution in [0.15, 0.2) is 23.3 Å². The second kappa shape index (κ2) is 9.56. The van der Waals surface area contributed by atoms with Gasteiger partial charge in [0.2, 0.25) is 0 Å². The number of rotatable bonds is 6. The van der Waals surface area contributed by atoms with Crippen LogP contribution in [0.2, 0.25) is 0 Å². The van der Waals surface area contributed by atoms with Crippen molar-refractivity contribution in [3.8, 4) is 12.3 Å². The van der Waals surface area contributed by atoms with Crippen molar-refractivity contribution in [3.05, 3.63) is 23.3 Å². The molecule has 40 heavy (non-hydrogen) atoms.